The van der Waals surface area contributed by atoms with Gasteiger partial charge in [-0.25, -0.2) is 0 Å². The summed E-state index contributed by atoms with van der Waals surface area (Å²) in [5.74, 6) is 0. The molecule has 1 aromatic heterocycles. The van der Waals surface area contributed by atoms with Gasteiger partial charge in [0.25, 0.3) is 0 Å². The monoisotopic (exact) mass is 718 g/mol. The highest BCUT2D eigenvalue weighted by Gasteiger charge is 2.39. The first kappa shape index (κ1) is 32.8. The highest BCUT2D eigenvalue weighted by Crippen LogP contribution is 2.56. The van der Waals surface area contributed by atoms with E-state index in [1.54, 1.807) is 0 Å². The van der Waals surface area contributed by atoms with E-state index in [0.717, 1.165) is 11.4 Å². The Morgan fingerprint density at radius 3 is 1.84 bits per heavy atom. The van der Waals surface area contributed by atoms with Crippen LogP contribution in [0.1, 0.15) is 49.9 Å². The summed E-state index contributed by atoms with van der Waals surface area (Å²) in [4.78, 5) is 2.51. The maximum atomic E-state index is 2.51. The highest BCUT2D eigenvalue weighted by atomic mass is 15.1. The van der Waals surface area contributed by atoms with Crippen LogP contribution in [0, 0.1) is 0 Å². The standard InChI is InChI=1S/C54H42N2/c1-53(2)45-23-11-8-20-40(45)43-34-39(29-30-47(43)53)55(51-27-15-25-48-52(51)42-22-9-12-24-46(42)54(48,3)4)38-19-14-16-35(32-38)36-28-31-50-44(33-36)41-21-10-13-26-49(41)56(50)37-17-6-5-7-18-37/h5-34H,1-4H3. The van der Waals surface area contributed by atoms with Gasteiger partial charge in [-0.05, 0) is 111 Å². The number of fused-ring (bicyclic) bond motifs is 9. The fraction of sp³-hybridized carbons (Fsp3) is 0.111. The highest BCUT2D eigenvalue weighted by molar-refractivity contribution is 6.10. The summed E-state index contributed by atoms with van der Waals surface area (Å²) in [6, 6.07) is 67.6. The Balaban J connectivity index is 1.12. The SMILES string of the molecule is CC1(C)c2ccccc2-c2cc(N(c3cccc(-c4ccc5c(c4)c4ccccc4n5-c4ccccc4)c3)c3cccc4c3-c3ccccc3C4(C)C)ccc21. The van der Waals surface area contributed by atoms with E-state index in [1.165, 1.54) is 88.8 Å². The molecule has 8 aromatic carbocycles. The third kappa shape index (κ3) is 4.62. The largest absolute Gasteiger partial charge is 0.310 e. The number of rotatable bonds is 5. The van der Waals surface area contributed by atoms with Gasteiger partial charge in [0.05, 0.1) is 16.7 Å². The molecule has 0 bridgehead atoms. The third-order valence-electron chi connectivity index (χ3n) is 12.8. The van der Waals surface area contributed by atoms with Crippen LogP contribution in [0.25, 0.3) is 60.9 Å². The van der Waals surface area contributed by atoms with E-state index in [4.69, 9.17) is 0 Å². The van der Waals surface area contributed by atoms with Gasteiger partial charge in [0.2, 0.25) is 0 Å². The van der Waals surface area contributed by atoms with Crippen LogP contribution in [0.3, 0.4) is 0 Å². The zero-order valence-corrected chi connectivity index (χ0v) is 32.2. The lowest BCUT2D eigenvalue weighted by Crippen LogP contribution is -2.16. The first-order valence-electron chi connectivity index (χ1n) is 19.8. The minimum absolute atomic E-state index is 0.0611. The number of nitrogens with zero attached hydrogens (tertiary/aromatic N) is 2. The van der Waals surface area contributed by atoms with Crippen molar-refractivity contribution in [2.45, 2.75) is 38.5 Å². The fourth-order valence-electron chi connectivity index (χ4n) is 10.0. The molecule has 0 amide bonds. The van der Waals surface area contributed by atoms with Crippen molar-refractivity contribution >= 4 is 38.9 Å². The smallest absolute Gasteiger partial charge is 0.0543 e. The van der Waals surface area contributed by atoms with Crippen molar-refractivity contribution in [2.75, 3.05) is 4.90 Å². The molecule has 268 valence electrons. The lowest BCUT2D eigenvalue weighted by molar-refractivity contribution is 0.660. The number of anilines is 3. The summed E-state index contributed by atoms with van der Waals surface area (Å²) in [6.07, 6.45) is 0. The Morgan fingerprint density at radius 1 is 0.393 bits per heavy atom. The molecule has 2 nitrogen and oxygen atoms in total. The first-order valence-corrected chi connectivity index (χ1v) is 19.8. The zero-order valence-electron chi connectivity index (χ0n) is 32.2. The quantitative estimate of drug-likeness (QED) is 0.172. The molecule has 2 aliphatic carbocycles. The Bertz CT molecular complexity index is 3030. The van der Waals surface area contributed by atoms with Gasteiger partial charge in [-0.15, -0.1) is 0 Å². The number of hydrogen-bond acceptors (Lipinski definition) is 1. The van der Waals surface area contributed by atoms with Crippen molar-refractivity contribution in [1.29, 1.82) is 0 Å². The van der Waals surface area contributed by atoms with Crippen LogP contribution in [-0.2, 0) is 10.8 Å². The summed E-state index contributed by atoms with van der Waals surface area (Å²) >= 11 is 0. The average Bonchev–Trinajstić information content (AvgIpc) is 3.78. The van der Waals surface area contributed by atoms with Crippen molar-refractivity contribution in [3.8, 4) is 39.1 Å². The molecule has 0 unspecified atom stereocenters. The molecule has 0 radical (unpaired) electrons. The van der Waals surface area contributed by atoms with Crippen LogP contribution in [0.15, 0.2) is 182 Å². The maximum absolute atomic E-state index is 2.51. The number of hydrogen-bond donors (Lipinski definition) is 0. The zero-order chi connectivity index (χ0) is 37.8. The van der Waals surface area contributed by atoms with Crippen molar-refractivity contribution in [2.24, 2.45) is 0 Å². The lowest BCUT2D eigenvalue weighted by Gasteiger charge is -2.30. The maximum Gasteiger partial charge on any atom is 0.0543 e. The van der Waals surface area contributed by atoms with Gasteiger partial charge in [0, 0.05) is 44.2 Å². The lowest BCUT2D eigenvalue weighted by atomic mass is 9.82. The second kappa shape index (κ2) is 11.9. The van der Waals surface area contributed by atoms with E-state index in [1.807, 2.05) is 0 Å². The van der Waals surface area contributed by atoms with E-state index < -0.39 is 0 Å². The molecular weight excluding hydrogens is 677 g/mol. The fourth-order valence-corrected chi connectivity index (χ4v) is 10.0. The number of benzene rings is 8. The summed E-state index contributed by atoms with van der Waals surface area (Å²) in [6.45, 7) is 9.45. The summed E-state index contributed by atoms with van der Waals surface area (Å²) in [7, 11) is 0. The molecule has 0 fully saturated rings. The molecule has 0 saturated carbocycles. The first-order chi connectivity index (χ1) is 27.3. The van der Waals surface area contributed by atoms with Crippen molar-refractivity contribution in [3.63, 3.8) is 0 Å². The molecule has 56 heavy (non-hydrogen) atoms. The van der Waals surface area contributed by atoms with Gasteiger partial charge in [0.15, 0.2) is 0 Å². The Kier molecular flexibility index (Phi) is 6.98. The molecule has 0 N–H and O–H groups in total. The van der Waals surface area contributed by atoms with Crippen LogP contribution in [0.5, 0.6) is 0 Å². The molecule has 9 aromatic rings. The molecule has 0 saturated heterocycles. The third-order valence-corrected chi connectivity index (χ3v) is 12.8. The molecule has 0 spiro atoms. The topological polar surface area (TPSA) is 8.17 Å². The van der Waals surface area contributed by atoms with Gasteiger partial charge >= 0.3 is 0 Å². The summed E-state index contributed by atoms with van der Waals surface area (Å²) in [5.41, 5.74) is 20.1. The van der Waals surface area contributed by atoms with Gasteiger partial charge in [-0.1, -0.05) is 149 Å². The second-order valence-electron chi connectivity index (χ2n) is 16.6. The molecule has 0 atom stereocenters. The van der Waals surface area contributed by atoms with Crippen molar-refractivity contribution < 1.29 is 0 Å². The van der Waals surface area contributed by atoms with Gasteiger partial charge in [0.1, 0.15) is 0 Å². The van der Waals surface area contributed by atoms with Crippen LogP contribution in [-0.4, -0.2) is 4.57 Å². The van der Waals surface area contributed by atoms with E-state index >= 15 is 0 Å². The molecule has 1 heterocycles. The van der Waals surface area contributed by atoms with Gasteiger partial charge in [-0.2, -0.15) is 0 Å². The van der Waals surface area contributed by atoms with Gasteiger partial charge in [-0.3, -0.25) is 0 Å². The predicted octanol–water partition coefficient (Wildman–Crippen LogP) is 14.5. The number of para-hydroxylation sites is 2. The minimum Gasteiger partial charge on any atom is -0.310 e. The Labute approximate surface area is 328 Å². The van der Waals surface area contributed by atoms with Crippen LogP contribution < -0.4 is 4.90 Å². The Morgan fingerprint density at radius 2 is 1.00 bits per heavy atom. The van der Waals surface area contributed by atoms with E-state index in [0.29, 0.717) is 0 Å². The molecule has 2 heteroatoms. The van der Waals surface area contributed by atoms with Crippen LogP contribution in [0.2, 0.25) is 0 Å². The minimum atomic E-state index is -0.106. The predicted molar refractivity (Wildman–Crippen MR) is 236 cm³/mol. The van der Waals surface area contributed by atoms with E-state index in [9.17, 15) is 0 Å². The average molecular weight is 719 g/mol. The number of aromatic nitrogens is 1. The van der Waals surface area contributed by atoms with E-state index in [-0.39, 0.29) is 10.8 Å². The van der Waals surface area contributed by atoms with E-state index in [2.05, 4.69) is 219 Å². The molecular formula is C54H42N2. The molecule has 2 aliphatic rings. The molecule has 0 aliphatic heterocycles. The summed E-state index contributed by atoms with van der Waals surface area (Å²) < 4.78 is 2.38. The van der Waals surface area contributed by atoms with Crippen LogP contribution in [0.4, 0.5) is 17.1 Å². The summed E-state index contributed by atoms with van der Waals surface area (Å²) in [5, 5.41) is 2.51. The van der Waals surface area contributed by atoms with Crippen molar-refractivity contribution in [1.82, 2.24) is 4.57 Å². The van der Waals surface area contributed by atoms with Gasteiger partial charge < -0.3 is 9.47 Å². The van der Waals surface area contributed by atoms with Crippen LogP contribution >= 0.6 is 0 Å². The second-order valence-corrected chi connectivity index (χ2v) is 16.6. The normalized spacial score (nSPS) is 14.4. The van der Waals surface area contributed by atoms with Crippen molar-refractivity contribution in [3.05, 3.63) is 204 Å². The Hall–Kier alpha value is -6.64. The molecule has 11 rings (SSSR count).